The second-order valence-electron chi connectivity index (χ2n) is 3.51. The fourth-order valence-electron chi connectivity index (χ4n) is 1.65. The minimum absolute atomic E-state index is 0.162. The summed E-state index contributed by atoms with van der Waals surface area (Å²) in [5.41, 5.74) is 0.847. The van der Waals surface area contributed by atoms with Gasteiger partial charge in [0.1, 0.15) is 0 Å². The Kier molecular flexibility index (Phi) is 4.76. The lowest BCUT2D eigenvalue weighted by molar-refractivity contribution is -0.115. The Bertz CT molecular complexity index is 272. The number of Topliss-reactive ketones (excluding diaryl/α,β-unsaturated/α-hetero) is 1. The molecule has 0 heterocycles. The highest BCUT2D eigenvalue weighted by Gasteiger charge is 2.25. The monoisotopic (exact) mass is 228 g/mol. The summed E-state index contributed by atoms with van der Waals surface area (Å²) in [6.45, 7) is 6.77. The van der Waals surface area contributed by atoms with Gasteiger partial charge in [-0.1, -0.05) is 25.7 Å². The maximum atomic E-state index is 11.7. The average molecular weight is 228 g/mol. The summed E-state index contributed by atoms with van der Waals surface area (Å²) in [5.74, 6) is 0.169. The number of carbonyl (C=O) groups excluding carboxylic acids is 1. The van der Waals surface area contributed by atoms with Gasteiger partial charge in [0.05, 0.1) is 6.10 Å². The van der Waals surface area contributed by atoms with E-state index in [0.29, 0.717) is 13.0 Å². The van der Waals surface area contributed by atoms with Crippen LogP contribution in [0.5, 0.6) is 0 Å². The van der Waals surface area contributed by atoms with Gasteiger partial charge in [-0.3, -0.25) is 9.69 Å². The molecule has 0 saturated heterocycles. The average Bonchev–Trinajstić information content (AvgIpc) is 2.64. The standard InChI is InChI=1S/C10H17BNO2S/c1-3-12(4-2)7-8-5-9(14-15-11)6-10(8)13/h5,9,11H,3-4,6-7H2,1-2H3/t9-/m0/s1/i11T. The molecule has 0 spiro atoms. The third-order valence-corrected chi connectivity index (χ3v) is 2.96. The van der Waals surface area contributed by atoms with Crippen LogP contribution in [0.15, 0.2) is 11.6 Å². The first kappa shape index (κ1) is 11.2. The van der Waals surface area contributed by atoms with Crippen LogP contribution >= 0.6 is 11.9 Å². The van der Waals surface area contributed by atoms with Gasteiger partial charge in [0, 0.05) is 18.5 Å². The van der Waals surface area contributed by atoms with Crippen molar-refractivity contribution in [3.63, 3.8) is 0 Å². The number of carbonyl (C=O) groups is 1. The molecule has 0 aromatic carbocycles. The molecular formula is C10H17BNO2S. The Morgan fingerprint density at radius 1 is 1.73 bits per heavy atom. The molecule has 5 heteroatoms. The number of hydrogen-bond acceptors (Lipinski definition) is 4. The Hall–Kier alpha value is -0.255. The van der Waals surface area contributed by atoms with E-state index in [0.717, 1.165) is 37.6 Å². The van der Waals surface area contributed by atoms with Crippen LogP contribution in [-0.2, 0) is 8.98 Å². The molecule has 1 atom stereocenters. The molecule has 0 aromatic rings. The van der Waals surface area contributed by atoms with Crippen LogP contribution in [0.3, 0.4) is 0 Å². The van der Waals surface area contributed by atoms with Gasteiger partial charge in [-0.15, -0.1) is 0 Å². The van der Waals surface area contributed by atoms with Gasteiger partial charge >= 0.3 is 0 Å². The van der Waals surface area contributed by atoms with Crippen LogP contribution in [0.1, 0.15) is 20.3 Å². The molecule has 0 aliphatic heterocycles. The van der Waals surface area contributed by atoms with Crippen molar-refractivity contribution < 1.29 is 8.98 Å². The predicted octanol–water partition coefficient (Wildman–Crippen LogP) is 1.08. The van der Waals surface area contributed by atoms with Crippen LogP contribution in [0.2, 0.25) is 0 Å². The number of likely N-dealkylation sites (N-methyl/N-ethyl adjacent to an activating group) is 1. The number of rotatable bonds is 7. The van der Waals surface area contributed by atoms with Crippen molar-refractivity contribution in [2.75, 3.05) is 19.6 Å². The molecule has 0 amide bonds. The zero-order valence-corrected chi connectivity index (χ0v) is 10.0. The molecular weight excluding hydrogens is 209 g/mol. The number of ketones is 1. The quantitative estimate of drug-likeness (QED) is 0.481. The van der Waals surface area contributed by atoms with Crippen LogP contribution in [0.4, 0.5) is 0 Å². The second-order valence-corrected chi connectivity index (χ2v) is 3.90. The summed E-state index contributed by atoms with van der Waals surface area (Å²) < 4.78 is 12.1. The Labute approximate surface area is 98.1 Å². The molecule has 1 radical (unpaired) electrons. The highest BCUT2D eigenvalue weighted by atomic mass is 32.2. The predicted molar refractivity (Wildman–Crippen MR) is 65.1 cm³/mol. The van der Waals surface area contributed by atoms with E-state index in [2.05, 4.69) is 18.7 Å². The lowest BCUT2D eigenvalue weighted by Gasteiger charge is -2.17. The minimum Gasteiger partial charge on any atom is -0.320 e. The topological polar surface area (TPSA) is 29.5 Å². The van der Waals surface area contributed by atoms with E-state index >= 15 is 0 Å². The molecule has 15 heavy (non-hydrogen) atoms. The van der Waals surface area contributed by atoms with E-state index in [1.807, 2.05) is 6.08 Å². The second kappa shape index (κ2) is 6.35. The minimum atomic E-state index is -0.162. The highest BCUT2D eigenvalue weighted by Crippen LogP contribution is 2.21. The molecule has 1 rings (SSSR count). The van der Waals surface area contributed by atoms with E-state index in [9.17, 15) is 4.79 Å². The zero-order valence-electron chi connectivity index (χ0n) is 10.2. The first-order valence-corrected chi connectivity index (χ1v) is 6.00. The van der Waals surface area contributed by atoms with E-state index in [-0.39, 0.29) is 11.9 Å². The summed E-state index contributed by atoms with van der Waals surface area (Å²) in [6.07, 6.45) is 2.14. The maximum absolute atomic E-state index is 11.7. The summed E-state index contributed by atoms with van der Waals surface area (Å²) in [4.78, 5) is 13.9. The third-order valence-electron chi connectivity index (χ3n) is 2.60. The third kappa shape index (κ3) is 3.67. The van der Waals surface area contributed by atoms with Crippen molar-refractivity contribution in [2.45, 2.75) is 26.4 Å². The van der Waals surface area contributed by atoms with E-state index in [1.54, 1.807) is 0 Å². The number of hydrogen-bond donors (Lipinski definition) is 0. The van der Waals surface area contributed by atoms with Crippen molar-refractivity contribution in [1.82, 2.24) is 4.90 Å². The first-order chi connectivity index (χ1) is 7.71. The SMILES string of the molecule is [3H][B]SO[C@H]1C=C(CN(CC)CC)C(=O)C1. The largest absolute Gasteiger partial charge is 0.320 e. The lowest BCUT2D eigenvalue weighted by Crippen LogP contribution is -2.26. The molecule has 1 aliphatic rings. The van der Waals surface area contributed by atoms with E-state index in [4.69, 9.17) is 5.52 Å². The smallest absolute Gasteiger partial charge is 0.209 e. The lowest BCUT2D eigenvalue weighted by atomic mass is 10.2. The van der Waals surface area contributed by atoms with Gasteiger partial charge in [-0.05, 0) is 20.5 Å². The highest BCUT2D eigenvalue weighted by molar-refractivity contribution is 8.15. The van der Waals surface area contributed by atoms with Crippen molar-refractivity contribution in [1.29, 1.82) is 1.34 Å². The van der Waals surface area contributed by atoms with Gasteiger partial charge in [0.2, 0.25) is 7.09 Å². The number of nitrogens with zero attached hydrogens (tertiary/aromatic N) is 1. The zero-order chi connectivity index (χ0) is 12.0. The summed E-state index contributed by atoms with van der Waals surface area (Å²) in [6, 6.07) is 0. The summed E-state index contributed by atoms with van der Waals surface area (Å²) in [7, 11) is 1.13. The fourth-order valence-corrected chi connectivity index (χ4v) is 1.92. The van der Waals surface area contributed by atoms with Crippen molar-refractivity contribution in [3.8, 4) is 0 Å². The molecule has 0 bridgehead atoms. The summed E-state index contributed by atoms with van der Waals surface area (Å²) >= 11 is 0.971. The normalized spacial score (nSPS) is 21.8. The van der Waals surface area contributed by atoms with Crippen molar-refractivity contribution in [2.24, 2.45) is 0 Å². The van der Waals surface area contributed by atoms with Gasteiger partial charge < -0.3 is 4.18 Å². The van der Waals surface area contributed by atoms with Gasteiger partial charge in [0.15, 0.2) is 5.78 Å². The van der Waals surface area contributed by atoms with E-state index in [1.165, 1.54) is 0 Å². The van der Waals surface area contributed by atoms with Gasteiger partial charge in [-0.2, -0.15) is 0 Å². The molecule has 0 N–H and O–H groups in total. The Balaban J connectivity index is 2.48. The molecule has 0 fully saturated rings. The molecule has 83 valence electrons. The first-order valence-electron chi connectivity index (χ1n) is 5.77. The van der Waals surface area contributed by atoms with Gasteiger partial charge in [-0.25, -0.2) is 0 Å². The molecule has 3 nitrogen and oxygen atoms in total. The molecule has 1 aliphatic carbocycles. The van der Waals surface area contributed by atoms with Gasteiger partial charge in [0.25, 0.3) is 0 Å². The molecule has 0 aromatic heterocycles. The van der Waals surface area contributed by atoms with Crippen LogP contribution in [-0.4, -0.2) is 44.8 Å². The van der Waals surface area contributed by atoms with Crippen LogP contribution in [0.25, 0.3) is 0 Å². The Morgan fingerprint density at radius 3 is 3.07 bits per heavy atom. The van der Waals surface area contributed by atoms with E-state index < -0.39 is 0 Å². The molecule has 0 unspecified atom stereocenters. The summed E-state index contributed by atoms with van der Waals surface area (Å²) in [5, 5.41) is 0. The maximum Gasteiger partial charge on any atom is 0.209 e. The van der Waals surface area contributed by atoms with Crippen molar-refractivity contribution in [3.05, 3.63) is 11.6 Å². The molecule has 0 saturated carbocycles. The van der Waals surface area contributed by atoms with Crippen LogP contribution in [0, 0.1) is 0 Å². The fraction of sp³-hybridized carbons (Fsp3) is 0.700. The van der Waals surface area contributed by atoms with Crippen molar-refractivity contribution >= 4 is 24.8 Å². The Morgan fingerprint density at radius 2 is 2.47 bits per heavy atom. The van der Waals surface area contributed by atoms with Crippen LogP contribution < -0.4 is 0 Å².